The van der Waals surface area contributed by atoms with Gasteiger partial charge in [0.25, 0.3) is 0 Å². The zero-order chi connectivity index (χ0) is 14.0. The molecule has 0 radical (unpaired) electrons. The highest BCUT2D eigenvalue weighted by Crippen LogP contribution is 2.41. The average molecular weight is 268 g/mol. The van der Waals surface area contributed by atoms with Gasteiger partial charge in [-0.25, -0.2) is 0 Å². The predicted octanol–water partition coefficient (Wildman–Crippen LogP) is 0.840. The van der Waals surface area contributed by atoms with Crippen molar-refractivity contribution in [1.82, 2.24) is 0 Å². The number of nitrogens with two attached hydrogens (primary N) is 1. The molecule has 102 valence electrons. The van der Waals surface area contributed by atoms with Gasteiger partial charge in [0.15, 0.2) is 5.75 Å². The topological polar surface area (TPSA) is 125 Å². The molecule has 0 fully saturated rings. The summed E-state index contributed by atoms with van der Waals surface area (Å²) in [5, 5.41) is 19.7. The first kappa shape index (κ1) is 13.1. The Labute approximate surface area is 107 Å². The van der Waals surface area contributed by atoms with E-state index < -0.39 is 16.9 Å². The fourth-order valence-corrected chi connectivity index (χ4v) is 1.81. The molecule has 8 heteroatoms. The van der Waals surface area contributed by atoms with Crippen LogP contribution in [0, 0.1) is 10.1 Å². The molecule has 1 aliphatic heterocycles. The summed E-state index contributed by atoms with van der Waals surface area (Å²) in [4.78, 5) is 21.0. The molecular formula is C11H12N2O6. The second-order valence-electron chi connectivity index (χ2n) is 4.03. The number of benzene rings is 1. The standard InChI is InChI=1S/C11H12N2O6/c12-7(5-10(14)15)6-3-8(13(16)17)11-9(4-6)18-1-2-19-11/h3-4,7H,1-2,5,12H2,(H,14,15). The second kappa shape index (κ2) is 5.11. The molecule has 1 unspecified atom stereocenters. The molecule has 0 saturated heterocycles. The molecule has 1 aliphatic rings. The van der Waals surface area contributed by atoms with Crippen molar-refractivity contribution >= 4 is 11.7 Å². The highest BCUT2D eigenvalue weighted by molar-refractivity contribution is 5.68. The minimum absolute atomic E-state index is 0.0579. The molecule has 0 amide bonds. The Morgan fingerprint density at radius 3 is 2.79 bits per heavy atom. The van der Waals surface area contributed by atoms with Gasteiger partial charge in [0.1, 0.15) is 13.2 Å². The van der Waals surface area contributed by atoms with Crippen LogP contribution < -0.4 is 15.2 Å². The van der Waals surface area contributed by atoms with Crippen molar-refractivity contribution < 1.29 is 24.3 Å². The maximum absolute atomic E-state index is 11.0. The Morgan fingerprint density at radius 2 is 2.16 bits per heavy atom. The number of nitro benzene ring substituents is 1. The van der Waals surface area contributed by atoms with E-state index in [1.165, 1.54) is 12.1 Å². The molecule has 2 rings (SSSR count). The molecule has 19 heavy (non-hydrogen) atoms. The van der Waals surface area contributed by atoms with E-state index in [-0.39, 0.29) is 36.8 Å². The molecule has 3 N–H and O–H groups in total. The van der Waals surface area contributed by atoms with E-state index in [1.807, 2.05) is 0 Å². The lowest BCUT2D eigenvalue weighted by Gasteiger charge is -2.20. The third-order valence-corrected chi connectivity index (χ3v) is 2.66. The van der Waals surface area contributed by atoms with E-state index in [2.05, 4.69) is 0 Å². The summed E-state index contributed by atoms with van der Waals surface area (Å²) >= 11 is 0. The Balaban J connectivity index is 2.43. The second-order valence-corrected chi connectivity index (χ2v) is 4.03. The van der Waals surface area contributed by atoms with Crippen LogP contribution in [-0.2, 0) is 4.79 Å². The summed E-state index contributed by atoms with van der Waals surface area (Å²) in [6.45, 7) is 0.510. The lowest BCUT2D eigenvalue weighted by atomic mass is 10.0. The van der Waals surface area contributed by atoms with Crippen molar-refractivity contribution in [3.63, 3.8) is 0 Å². The van der Waals surface area contributed by atoms with Crippen LogP contribution >= 0.6 is 0 Å². The van der Waals surface area contributed by atoms with Crippen molar-refractivity contribution in [3.8, 4) is 11.5 Å². The van der Waals surface area contributed by atoms with Crippen LogP contribution in [0.2, 0.25) is 0 Å². The number of carboxylic acid groups (broad SMARTS) is 1. The number of hydrogen-bond acceptors (Lipinski definition) is 6. The first-order valence-corrected chi connectivity index (χ1v) is 5.54. The van der Waals surface area contributed by atoms with Gasteiger partial charge in [-0.3, -0.25) is 14.9 Å². The maximum atomic E-state index is 11.0. The number of rotatable bonds is 4. The first-order chi connectivity index (χ1) is 8.99. The molecule has 0 spiro atoms. The number of carboxylic acids is 1. The summed E-state index contributed by atoms with van der Waals surface area (Å²) in [6, 6.07) is 1.86. The largest absolute Gasteiger partial charge is 0.486 e. The fourth-order valence-electron chi connectivity index (χ4n) is 1.81. The van der Waals surface area contributed by atoms with E-state index in [0.29, 0.717) is 5.56 Å². The normalized spacial score (nSPS) is 14.8. The van der Waals surface area contributed by atoms with E-state index in [9.17, 15) is 14.9 Å². The van der Waals surface area contributed by atoms with Gasteiger partial charge in [-0.05, 0) is 11.6 Å². The van der Waals surface area contributed by atoms with Gasteiger partial charge >= 0.3 is 11.7 Å². The van der Waals surface area contributed by atoms with Gasteiger partial charge in [0.2, 0.25) is 5.75 Å². The lowest BCUT2D eigenvalue weighted by molar-refractivity contribution is -0.386. The number of hydrogen-bond donors (Lipinski definition) is 2. The Bertz CT molecular complexity index is 530. The summed E-state index contributed by atoms with van der Waals surface area (Å²) in [5.74, 6) is -0.802. The monoisotopic (exact) mass is 268 g/mol. The number of carbonyl (C=O) groups is 1. The summed E-state index contributed by atoms with van der Waals surface area (Å²) < 4.78 is 10.5. The van der Waals surface area contributed by atoms with E-state index in [0.717, 1.165) is 0 Å². The maximum Gasteiger partial charge on any atom is 0.315 e. The van der Waals surface area contributed by atoms with Crippen LogP contribution in [-0.4, -0.2) is 29.2 Å². The van der Waals surface area contributed by atoms with Gasteiger partial charge < -0.3 is 20.3 Å². The smallest absolute Gasteiger partial charge is 0.315 e. The van der Waals surface area contributed by atoms with E-state index in [4.69, 9.17) is 20.3 Å². The predicted molar refractivity (Wildman–Crippen MR) is 63.3 cm³/mol. The summed E-state index contributed by atoms with van der Waals surface area (Å²) in [5.41, 5.74) is 5.76. The molecular weight excluding hydrogens is 256 g/mol. The quantitative estimate of drug-likeness (QED) is 0.612. The molecule has 1 aromatic carbocycles. The minimum Gasteiger partial charge on any atom is -0.486 e. The number of nitro groups is 1. The Kier molecular flexibility index (Phi) is 3.52. The zero-order valence-electron chi connectivity index (χ0n) is 9.87. The summed E-state index contributed by atoms with van der Waals surface area (Å²) in [6.07, 6.45) is -0.323. The molecule has 0 saturated carbocycles. The summed E-state index contributed by atoms with van der Waals surface area (Å²) in [7, 11) is 0. The third kappa shape index (κ3) is 2.74. The van der Waals surface area contributed by atoms with Crippen molar-refractivity contribution in [3.05, 3.63) is 27.8 Å². The Hall–Kier alpha value is -2.35. The van der Waals surface area contributed by atoms with Crippen LogP contribution in [0.4, 0.5) is 5.69 Å². The fraction of sp³-hybridized carbons (Fsp3) is 0.364. The van der Waals surface area contributed by atoms with E-state index >= 15 is 0 Å². The van der Waals surface area contributed by atoms with Gasteiger partial charge in [0.05, 0.1) is 11.3 Å². The van der Waals surface area contributed by atoms with E-state index in [1.54, 1.807) is 0 Å². The van der Waals surface area contributed by atoms with Crippen LogP contribution in [0.5, 0.6) is 11.5 Å². The molecule has 1 heterocycles. The van der Waals surface area contributed by atoms with Crippen LogP contribution in [0.1, 0.15) is 18.0 Å². The number of aliphatic carboxylic acids is 1. The number of ether oxygens (including phenoxy) is 2. The van der Waals surface area contributed by atoms with Crippen LogP contribution in [0.3, 0.4) is 0 Å². The molecule has 1 aromatic rings. The Morgan fingerprint density at radius 1 is 1.47 bits per heavy atom. The number of nitrogens with zero attached hydrogens (tertiary/aromatic N) is 1. The highest BCUT2D eigenvalue weighted by Gasteiger charge is 2.27. The van der Waals surface area contributed by atoms with Crippen molar-refractivity contribution in [2.24, 2.45) is 5.73 Å². The van der Waals surface area contributed by atoms with Crippen LogP contribution in [0.25, 0.3) is 0 Å². The first-order valence-electron chi connectivity index (χ1n) is 5.54. The SMILES string of the molecule is NC(CC(=O)O)c1cc2c(c([N+](=O)[O-])c1)OCCO2. The molecule has 1 atom stereocenters. The van der Waals surface area contributed by atoms with Crippen molar-refractivity contribution in [2.75, 3.05) is 13.2 Å². The van der Waals surface area contributed by atoms with Gasteiger partial charge in [-0.15, -0.1) is 0 Å². The zero-order valence-corrected chi connectivity index (χ0v) is 9.87. The molecule has 0 bridgehead atoms. The van der Waals surface area contributed by atoms with Gasteiger partial charge in [-0.2, -0.15) is 0 Å². The lowest BCUT2D eigenvalue weighted by Crippen LogP contribution is -2.19. The van der Waals surface area contributed by atoms with Crippen molar-refractivity contribution in [2.45, 2.75) is 12.5 Å². The molecule has 0 aliphatic carbocycles. The third-order valence-electron chi connectivity index (χ3n) is 2.66. The number of fused-ring (bicyclic) bond motifs is 1. The van der Waals surface area contributed by atoms with Gasteiger partial charge in [0, 0.05) is 12.1 Å². The molecule has 0 aromatic heterocycles. The van der Waals surface area contributed by atoms with Crippen LogP contribution in [0.15, 0.2) is 12.1 Å². The molecule has 8 nitrogen and oxygen atoms in total. The van der Waals surface area contributed by atoms with Crippen molar-refractivity contribution in [1.29, 1.82) is 0 Å². The average Bonchev–Trinajstić information content (AvgIpc) is 2.36. The minimum atomic E-state index is -1.08. The van der Waals surface area contributed by atoms with Gasteiger partial charge in [-0.1, -0.05) is 0 Å². The highest BCUT2D eigenvalue weighted by atomic mass is 16.6.